The molecule has 170 valence electrons. The lowest BCUT2D eigenvalue weighted by Gasteiger charge is -2.13. The highest BCUT2D eigenvalue weighted by atomic mass is 16.3. The van der Waals surface area contributed by atoms with E-state index in [4.69, 9.17) is 4.98 Å². The lowest BCUT2D eigenvalue weighted by atomic mass is 10.0. The molecule has 0 unspecified atom stereocenters. The highest BCUT2D eigenvalue weighted by Crippen LogP contribution is 2.36. The number of fused-ring (bicyclic) bond motifs is 3. The van der Waals surface area contributed by atoms with E-state index in [0.29, 0.717) is 0 Å². The lowest BCUT2D eigenvalue weighted by Crippen LogP contribution is -2.00. The van der Waals surface area contributed by atoms with Gasteiger partial charge in [-0.05, 0) is 79.9 Å². The van der Waals surface area contributed by atoms with Crippen molar-refractivity contribution in [1.82, 2.24) is 14.5 Å². The van der Waals surface area contributed by atoms with Crippen LogP contribution in [-0.2, 0) is 0 Å². The molecule has 6 rings (SSSR count). The number of pyridine rings is 2. The third-order valence-electron chi connectivity index (χ3n) is 6.54. The summed E-state index contributed by atoms with van der Waals surface area (Å²) in [4.78, 5) is 9.63. The van der Waals surface area contributed by atoms with E-state index in [-0.39, 0.29) is 5.75 Å². The second kappa shape index (κ2) is 8.10. The lowest BCUT2D eigenvalue weighted by molar-refractivity contribution is 0.473. The number of phenolic OH excluding ortho intramolecular Hbond substituents is 1. The van der Waals surface area contributed by atoms with Crippen LogP contribution in [0.25, 0.3) is 50.1 Å². The molecule has 0 aliphatic carbocycles. The molecular formula is C31H25N3O. The summed E-state index contributed by atoms with van der Waals surface area (Å²) >= 11 is 0. The van der Waals surface area contributed by atoms with Gasteiger partial charge >= 0.3 is 0 Å². The minimum atomic E-state index is 0.277. The van der Waals surface area contributed by atoms with Gasteiger partial charge in [-0.2, -0.15) is 0 Å². The molecule has 1 N–H and O–H groups in total. The average Bonchev–Trinajstić information content (AvgIpc) is 3.20. The van der Waals surface area contributed by atoms with Crippen LogP contribution in [0.4, 0.5) is 0 Å². The summed E-state index contributed by atoms with van der Waals surface area (Å²) in [5.74, 6) is 1.10. The standard InChI is InChI=1S/C31H25N3O/c1-19-14-21(3)31(35)25(15-19)27-16-20(2)17-30(33-27)34-28-10-5-4-8-23(28)24-12-11-22(18-29(24)34)26-9-6-7-13-32-26/h4-18,35H,1-3H3. The maximum absolute atomic E-state index is 10.8. The van der Waals surface area contributed by atoms with Crippen molar-refractivity contribution in [3.05, 3.63) is 108 Å². The molecule has 3 aromatic heterocycles. The molecule has 3 aromatic carbocycles. The van der Waals surface area contributed by atoms with Gasteiger partial charge in [0.25, 0.3) is 0 Å². The van der Waals surface area contributed by atoms with Crippen LogP contribution in [0.15, 0.2) is 91.1 Å². The minimum absolute atomic E-state index is 0.277. The van der Waals surface area contributed by atoms with Gasteiger partial charge in [-0.25, -0.2) is 4.98 Å². The first-order chi connectivity index (χ1) is 17.0. The number of para-hydroxylation sites is 1. The SMILES string of the molecule is Cc1cc(-c2cc(C)cc(C)c2O)nc(-n2c3ccccc3c3ccc(-c4ccccn4)cc32)c1. The molecule has 0 atom stereocenters. The molecule has 0 aliphatic rings. The zero-order chi connectivity index (χ0) is 24.1. The maximum atomic E-state index is 10.8. The molecule has 0 saturated carbocycles. The summed E-state index contributed by atoms with van der Waals surface area (Å²) < 4.78 is 2.22. The molecule has 0 radical (unpaired) electrons. The first kappa shape index (κ1) is 21.1. The molecule has 4 nitrogen and oxygen atoms in total. The van der Waals surface area contributed by atoms with Gasteiger partial charge < -0.3 is 5.11 Å². The molecule has 0 bridgehead atoms. The van der Waals surface area contributed by atoms with Crippen LogP contribution in [0, 0.1) is 20.8 Å². The highest BCUT2D eigenvalue weighted by molar-refractivity contribution is 6.10. The van der Waals surface area contributed by atoms with Gasteiger partial charge in [-0.1, -0.05) is 42.5 Å². The Labute approximate surface area is 204 Å². The Hall–Kier alpha value is -4.44. The molecule has 0 saturated heterocycles. The van der Waals surface area contributed by atoms with Gasteiger partial charge in [0.05, 0.1) is 22.4 Å². The number of hydrogen-bond donors (Lipinski definition) is 1. The van der Waals surface area contributed by atoms with Crippen LogP contribution in [0.3, 0.4) is 0 Å². The summed E-state index contributed by atoms with van der Waals surface area (Å²) in [6.45, 7) is 6.04. The first-order valence-corrected chi connectivity index (χ1v) is 11.7. The molecule has 0 amide bonds. The molecule has 0 fully saturated rings. The number of rotatable bonds is 3. The van der Waals surface area contributed by atoms with Crippen molar-refractivity contribution in [3.8, 4) is 34.1 Å². The Morgan fingerprint density at radius 2 is 1.46 bits per heavy atom. The summed E-state index contributed by atoms with van der Waals surface area (Å²) in [5, 5.41) is 13.2. The predicted molar refractivity (Wildman–Crippen MR) is 143 cm³/mol. The normalized spacial score (nSPS) is 11.4. The second-order valence-electron chi connectivity index (χ2n) is 9.17. The monoisotopic (exact) mass is 455 g/mol. The first-order valence-electron chi connectivity index (χ1n) is 11.7. The third-order valence-corrected chi connectivity index (χ3v) is 6.54. The van der Waals surface area contributed by atoms with E-state index < -0.39 is 0 Å². The number of aromatic hydroxyl groups is 1. The van der Waals surface area contributed by atoms with E-state index in [0.717, 1.165) is 56.1 Å². The number of phenols is 1. The Kier molecular flexibility index (Phi) is 4.89. The van der Waals surface area contributed by atoms with Crippen molar-refractivity contribution in [3.63, 3.8) is 0 Å². The van der Waals surface area contributed by atoms with Crippen molar-refractivity contribution in [1.29, 1.82) is 0 Å². The Bertz CT molecular complexity index is 1730. The van der Waals surface area contributed by atoms with Crippen LogP contribution in [-0.4, -0.2) is 19.6 Å². The van der Waals surface area contributed by atoms with Crippen molar-refractivity contribution in [2.75, 3.05) is 0 Å². The third kappa shape index (κ3) is 3.55. The molecule has 6 aromatic rings. The van der Waals surface area contributed by atoms with E-state index in [2.05, 4.69) is 65.0 Å². The van der Waals surface area contributed by atoms with Gasteiger partial charge in [-0.15, -0.1) is 0 Å². The van der Waals surface area contributed by atoms with Gasteiger partial charge in [-0.3, -0.25) is 9.55 Å². The summed E-state index contributed by atoms with van der Waals surface area (Å²) in [6.07, 6.45) is 1.82. The van der Waals surface area contributed by atoms with Crippen molar-refractivity contribution >= 4 is 21.8 Å². The van der Waals surface area contributed by atoms with Crippen LogP contribution in [0.5, 0.6) is 5.75 Å². The average molecular weight is 456 g/mol. The summed E-state index contributed by atoms with van der Waals surface area (Å²) in [7, 11) is 0. The summed E-state index contributed by atoms with van der Waals surface area (Å²) in [5.41, 5.74) is 8.69. The van der Waals surface area contributed by atoms with Crippen LogP contribution < -0.4 is 0 Å². The molecule has 35 heavy (non-hydrogen) atoms. The van der Waals surface area contributed by atoms with Crippen molar-refractivity contribution < 1.29 is 5.11 Å². The molecular weight excluding hydrogens is 430 g/mol. The quantitative estimate of drug-likeness (QED) is 0.300. The highest BCUT2D eigenvalue weighted by Gasteiger charge is 2.17. The molecule has 4 heteroatoms. The number of nitrogens with zero attached hydrogens (tertiary/aromatic N) is 3. The fourth-order valence-electron chi connectivity index (χ4n) is 4.97. The number of aromatic nitrogens is 3. The smallest absolute Gasteiger partial charge is 0.138 e. The Morgan fingerprint density at radius 3 is 2.29 bits per heavy atom. The van der Waals surface area contributed by atoms with Gasteiger partial charge in [0.2, 0.25) is 0 Å². The maximum Gasteiger partial charge on any atom is 0.138 e. The zero-order valence-electron chi connectivity index (χ0n) is 19.9. The number of benzene rings is 3. The van der Waals surface area contributed by atoms with Gasteiger partial charge in [0.1, 0.15) is 11.6 Å². The van der Waals surface area contributed by atoms with Gasteiger partial charge in [0, 0.05) is 28.1 Å². The molecule has 0 spiro atoms. The van der Waals surface area contributed by atoms with Crippen molar-refractivity contribution in [2.24, 2.45) is 0 Å². The van der Waals surface area contributed by atoms with Crippen LogP contribution in [0.1, 0.15) is 16.7 Å². The van der Waals surface area contributed by atoms with Crippen molar-refractivity contribution in [2.45, 2.75) is 20.8 Å². The Morgan fingerprint density at radius 1 is 0.686 bits per heavy atom. The summed E-state index contributed by atoms with van der Waals surface area (Å²) in [6, 6.07) is 29.0. The zero-order valence-corrected chi connectivity index (χ0v) is 19.9. The van der Waals surface area contributed by atoms with E-state index in [1.54, 1.807) is 0 Å². The van der Waals surface area contributed by atoms with E-state index in [9.17, 15) is 5.11 Å². The van der Waals surface area contributed by atoms with Crippen LogP contribution >= 0.6 is 0 Å². The topological polar surface area (TPSA) is 50.9 Å². The molecule has 0 aliphatic heterocycles. The van der Waals surface area contributed by atoms with Crippen LogP contribution in [0.2, 0.25) is 0 Å². The second-order valence-corrected chi connectivity index (χ2v) is 9.17. The minimum Gasteiger partial charge on any atom is -0.507 e. The van der Waals surface area contributed by atoms with Gasteiger partial charge in [0.15, 0.2) is 0 Å². The van der Waals surface area contributed by atoms with E-state index in [1.807, 2.05) is 56.4 Å². The number of aryl methyl sites for hydroxylation is 3. The fourth-order valence-corrected chi connectivity index (χ4v) is 4.97. The largest absolute Gasteiger partial charge is 0.507 e. The fraction of sp³-hybridized carbons (Fsp3) is 0.0968. The van der Waals surface area contributed by atoms with E-state index in [1.165, 1.54) is 10.8 Å². The Balaban J connectivity index is 1.65. The van der Waals surface area contributed by atoms with E-state index >= 15 is 0 Å². The number of hydrogen-bond acceptors (Lipinski definition) is 3. The molecule has 3 heterocycles. The predicted octanol–water partition coefficient (Wildman–Crippen LogP) is 7.54.